The van der Waals surface area contributed by atoms with Crippen molar-refractivity contribution < 1.29 is 15.4 Å². The molecule has 0 aromatic heterocycles. The third-order valence-corrected chi connectivity index (χ3v) is 12.0. The first-order valence-electron chi connectivity index (χ1n) is 13.6. The molecule has 2 aliphatic heterocycles. The summed E-state index contributed by atoms with van der Waals surface area (Å²) in [5, 5.41) is 36.0. The fourth-order valence-corrected chi connectivity index (χ4v) is 10.5. The minimum Gasteiger partial charge on any atom is -0.411 e. The predicted octanol–water partition coefficient (Wildman–Crippen LogP) is 4.15. The van der Waals surface area contributed by atoms with E-state index in [2.05, 4.69) is 30.8 Å². The monoisotopic (exact) mass is 444 g/mol. The lowest BCUT2D eigenvalue weighted by Gasteiger charge is -2.59. The molecule has 180 valence electrons. The molecule has 0 aromatic carbocycles. The van der Waals surface area contributed by atoms with Gasteiger partial charge >= 0.3 is 0 Å². The van der Waals surface area contributed by atoms with Gasteiger partial charge in [-0.3, -0.25) is 4.90 Å². The van der Waals surface area contributed by atoms with Crippen LogP contribution in [-0.2, 0) is 0 Å². The van der Waals surface area contributed by atoms with Crippen molar-refractivity contribution in [2.45, 2.75) is 96.3 Å². The van der Waals surface area contributed by atoms with E-state index in [-0.39, 0.29) is 17.4 Å². The maximum atomic E-state index is 11.9. The highest BCUT2D eigenvalue weighted by Gasteiger charge is 2.64. The van der Waals surface area contributed by atoms with Gasteiger partial charge in [0.05, 0.1) is 17.4 Å². The molecular weight excluding hydrogens is 400 g/mol. The topological polar surface area (TPSA) is 76.3 Å². The van der Waals surface area contributed by atoms with Crippen molar-refractivity contribution in [1.82, 2.24) is 4.90 Å². The smallest absolute Gasteiger partial charge is 0.0805 e. The summed E-state index contributed by atoms with van der Waals surface area (Å²) in [5.41, 5.74) is 0.549. The van der Waals surface area contributed by atoms with Gasteiger partial charge < -0.3 is 15.4 Å². The van der Waals surface area contributed by atoms with Crippen LogP contribution in [0.15, 0.2) is 5.16 Å². The maximum Gasteiger partial charge on any atom is 0.0805 e. The molecule has 5 nitrogen and oxygen atoms in total. The number of nitrogens with zero attached hydrogens (tertiary/aromatic N) is 2. The van der Waals surface area contributed by atoms with E-state index in [0.29, 0.717) is 41.5 Å². The van der Waals surface area contributed by atoms with E-state index in [4.69, 9.17) is 0 Å². The summed E-state index contributed by atoms with van der Waals surface area (Å²) in [7, 11) is 0. The average Bonchev–Trinajstić information content (AvgIpc) is 3.14. The molecule has 0 unspecified atom stereocenters. The Morgan fingerprint density at radius 2 is 1.72 bits per heavy atom. The van der Waals surface area contributed by atoms with Gasteiger partial charge in [-0.25, -0.2) is 0 Å². The predicted molar refractivity (Wildman–Crippen MR) is 124 cm³/mol. The standard InChI is InChI=1S/C27H44N2O3/c1-15-4-7-25-27(3,31)21-6-5-17-18(20(21)14-29(25)13-15)11-22-19(17)12-24(28-32)23-10-16(30)8-9-26(22,23)2/h15-23,25,30-32H,4-14H2,1-3H3/t15-,16-,17+,18+,19-,20-,21+,22-,23+,25-,26+,27-/m0/s1. The Balaban J connectivity index is 1.32. The highest BCUT2D eigenvalue weighted by molar-refractivity contribution is 5.88. The highest BCUT2D eigenvalue weighted by Crippen LogP contribution is 2.66. The van der Waals surface area contributed by atoms with Gasteiger partial charge in [0, 0.05) is 25.0 Å². The van der Waals surface area contributed by atoms with Gasteiger partial charge in [0.2, 0.25) is 0 Å². The summed E-state index contributed by atoms with van der Waals surface area (Å²) < 4.78 is 0. The Morgan fingerprint density at radius 1 is 0.906 bits per heavy atom. The van der Waals surface area contributed by atoms with Gasteiger partial charge in [-0.05, 0) is 112 Å². The van der Waals surface area contributed by atoms with Crippen LogP contribution in [0.4, 0.5) is 0 Å². The summed E-state index contributed by atoms with van der Waals surface area (Å²) in [4.78, 5) is 2.67. The number of rotatable bonds is 0. The molecule has 4 aliphatic carbocycles. The number of piperidine rings is 2. The number of aliphatic hydroxyl groups is 2. The number of oxime groups is 1. The van der Waals surface area contributed by atoms with Crippen molar-refractivity contribution in [2.75, 3.05) is 13.1 Å². The van der Waals surface area contributed by atoms with E-state index >= 15 is 0 Å². The fraction of sp³-hybridized carbons (Fsp3) is 0.963. The minimum absolute atomic E-state index is 0.149. The molecule has 5 heteroatoms. The highest BCUT2D eigenvalue weighted by atomic mass is 16.4. The third kappa shape index (κ3) is 2.95. The largest absolute Gasteiger partial charge is 0.411 e. The summed E-state index contributed by atoms with van der Waals surface area (Å²) in [6.45, 7) is 9.30. The van der Waals surface area contributed by atoms with Crippen LogP contribution in [-0.4, -0.2) is 56.9 Å². The summed E-state index contributed by atoms with van der Waals surface area (Å²) >= 11 is 0. The van der Waals surface area contributed by atoms with Gasteiger partial charge in [-0.15, -0.1) is 0 Å². The third-order valence-electron chi connectivity index (χ3n) is 12.0. The Hall–Kier alpha value is -0.650. The van der Waals surface area contributed by atoms with Crippen LogP contribution in [0.25, 0.3) is 0 Å². The SMILES string of the molecule is C[C@H]1CC[C@@H]2N(C1)C[C@H]1[C@@H]3C[C@H]4[C@@H](CC(=NO)[C@H]5C[C@@H](O)CC[C@@]54C)[C@@H]3CC[C@H]1[C@]2(C)O. The molecule has 6 rings (SSSR count). The van der Waals surface area contributed by atoms with Gasteiger partial charge in [0.1, 0.15) is 0 Å². The van der Waals surface area contributed by atoms with E-state index in [9.17, 15) is 15.4 Å². The van der Waals surface area contributed by atoms with Crippen LogP contribution in [0.5, 0.6) is 0 Å². The molecule has 12 atom stereocenters. The molecule has 0 bridgehead atoms. The van der Waals surface area contributed by atoms with Crippen molar-refractivity contribution >= 4 is 5.71 Å². The lowest BCUT2D eigenvalue weighted by atomic mass is 9.51. The molecule has 0 amide bonds. The molecule has 4 saturated carbocycles. The quantitative estimate of drug-likeness (QED) is 0.388. The second kappa shape index (κ2) is 7.42. The molecule has 0 aromatic rings. The molecule has 2 saturated heterocycles. The molecule has 0 spiro atoms. The first-order valence-corrected chi connectivity index (χ1v) is 13.6. The minimum atomic E-state index is -0.569. The van der Waals surface area contributed by atoms with Gasteiger partial charge in [-0.1, -0.05) is 19.0 Å². The molecule has 3 N–H and O–H groups in total. The normalized spacial score (nSPS) is 59.0. The first kappa shape index (κ1) is 21.9. The lowest BCUT2D eigenvalue weighted by molar-refractivity contribution is -0.175. The van der Waals surface area contributed by atoms with Gasteiger partial charge in [0.15, 0.2) is 0 Å². The number of hydrogen-bond donors (Lipinski definition) is 3. The Kier molecular flexibility index (Phi) is 5.07. The first-order chi connectivity index (χ1) is 15.2. The van der Waals surface area contributed by atoms with Crippen molar-refractivity contribution in [3.8, 4) is 0 Å². The van der Waals surface area contributed by atoms with E-state index in [1.54, 1.807) is 0 Å². The summed E-state index contributed by atoms with van der Waals surface area (Å²) in [5.74, 6) is 4.68. The molecule has 32 heavy (non-hydrogen) atoms. The van der Waals surface area contributed by atoms with Crippen LogP contribution in [0.2, 0.25) is 0 Å². The van der Waals surface area contributed by atoms with Crippen molar-refractivity contribution in [3.63, 3.8) is 0 Å². The maximum absolute atomic E-state index is 11.9. The van der Waals surface area contributed by atoms with Crippen LogP contribution < -0.4 is 0 Å². The van der Waals surface area contributed by atoms with Crippen molar-refractivity contribution in [2.24, 2.45) is 57.9 Å². The van der Waals surface area contributed by atoms with Crippen LogP contribution in [0.3, 0.4) is 0 Å². The molecular formula is C27H44N2O3. The number of fused-ring (bicyclic) bond motifs is 8. The molecule has 6 fully saturated rings. The van der Waals surface area contributed by atoms with Gasteiger partial charge in [0.25, 0.3) is 0 Å². The zero-order valence-electron chi connectivity index (χ0n) is 20.3. The summed E-state index contributed by atoms with van der Waals surface area (Å²) in [6.07, 6.45) is 9.45. The Bertz CT molecular complexity index is 783. The van der Waals surface area contributed by atoms with E-state index in [0.717, 1.165) is 56.7 Å². The van der Waals surface area contributed by atoms with Crippen LogP contribution >= 0.6 is 0 Å². The zero-order valence-corrected chi connectivity index (χ0v) is 20.3. The molecule has 0 radical (unpaired) electrons. The number of hydrogen-bond acceptors (Lipinski definition) is 5. The van der Waals surface area contributed by atoms with E-state index in [1.165, 1.54) is 25.8 Å². The van der Waals surface area contributed by atoms with Crippen LogP contribution in [0, 0.1) is 52.8 Å². The molecule has 2 heterocycles. The Labute approximate surface area is 193 Å². The summed E-state index contributed by atoms with van der Waals surface area (Å²) in [6, 6.07) is 0.343. The van der Waals surface area contributed by atoms with E-state index < -0.39 is 5.60 Å². The molecule has 6 aliphatic rings. The second-order valence-electron chi connectivity index (χ2n) is 13.3. The lowest BCUT2D eigenvalue weighted by Crippen LogP contribution is -2.67. The van der Waals surface area contributed by atoms with Crippen molar-refractivity contribution in [1.29, 1.82) is 0 Å². The van der Waals surface area contributed by atoms with Crippen molar-refractivity contribution in [3.05, 3.63) is 0 Å². The average molecular weight is 445 g/mol. The van der Waals surface area contributed by atoms with Gasteiger partial charge in [-0.2, -0.15) is 0 Å². The number of aliphatic hydroxyl groups excluding tert-OH is 1. The fourth-order valence-electron chi connectivity index (χ4n) is 10.5. The second-order valence-corrected chi connectivity index (χ2v) is 13.3. The van der Waals surface area contributed by atoms with E-state index in [1.807, 2.05) is 0 Å². The zero-order chi connectivity index (χ0) is 22.4. The Morgan fingerprint density at radius 3 is 2.50 bits per heavy atom. The van der Waals surface area contributed by atoms with Crippen LogP contribution in [0.1, 0.15) is 78.6 Å².